The summed E-state index contributed by atoms with van der Waals surface area (Å²) in [6.07, 6.45) is 0. The van der Waals surface area contributed by atoms with Crippen molar-refractivity contribution >= 4 is 10.0 Å². The van der Waals surface area contributed by atoms with Crippen LogP contribution in [-0.4, -0.2) is 24.7 Å². The van der Waals surface area contributed by atoms with Gasteiger partial charge in [0.05, 0.1) is 11.4 Å². The molecule has 0 unspecified atom stereocenters. The molecule has 1 aromatic heterocycles. The lowest BCUT2D eigenvalue weighted by molar-refractivity contribution is 0.558. The van der Waals surface area contributed by atoms with Crippen LogP contribution in [0, 0.1) is 19.8 Å². The van der Waals surface area contributed by atoms with Gasteiger partial charge in [-0.05, 0) is 26.7 Å². The summed E-state index contributed by atoms with van der Waals surface area (Å²) in [5.41, 5.74) is 1.25. The molecule has 1 rings (SSSR count). The maximum absolute atomic E-state index is 12.1. The van der Waals surface area contributed by atoms with Gasteiger partial charge in [-0.3, -0.25) is 4.68 Å². The van der Waals surface area contributed by atoms with E-state index in [-0.39, 0.29) is 5.92 Å². The van der Waals surface area contributed by atoms with Crippen molar-refractivity contribution in [3.05, 3.63) is 11.4 Å². The average molecular weight is 259 g/mol. The molecule has 0 aliphatic carbocycles. The first-order valence-electron chi connectivity index (χ1n) is 5.83. The van der Waals surface area contributed by atoms with Gasteiger partial charge in [0.15, 0.2) is 0 Å². The smallest absolute Gasteiger partial charge is 0.244 e. The highest BCUT2D eigenvalue weighted by atomic mass is 32.2. The first kappa shape index (κ1) is 14.2. The molecule has 0 saturated heterocycles. The monoisotopic (exact) mass is 259 g/mol. The second-order valence-corrected chi connectivity index (χ2v) is 6.27. The van der Waals surface area contributed by atoms with Crippen molar-refractivity contribution < 1.29 is 8.42 Å². The second-order valence-electron chi connectivity index (χ2n) is 4.56. The van der Waals surface area contributed by atoms with Crippen molar-refractivity contribution in [2.45, 2.75) is 46.1 Å². The lowest BCUT2D eigenvalue weighted by Crippen LogP contribution is -2.28. The van der Waals surface area contributed by atoms with E-state index in [1.54, 1.807) is 18.5 Å². The molecule has 0 spiro atoms. The van der Waals surface area contributed by atoms with E-state index in [0.717, 1.165) is 0 Å². The van der Waals surface area contributed by atoms with Gasteiger partial charge in [-0.1, -0.05) is 13.8 Å². The summed E-state index contributed by atoms with van der Waals surface area (Å²) in [4.78, 5) is 0.319. The Hall–Kier alpha value is -0.880. The maximum atomic E-state index is 12.1. The molecule has 0 amide bonds. The molecule has 0 bridgehead atoms. The number of rotatable bonds is 5. The molecule has 0 radical (unpaired) electrons. The number of nitrogens with one attached hydrogen (secondary N) is 1. The molecule has 0 aliphatic heterocycles. The number of aromatic nitrogens is 2. The van der Waals surface area contributed by atoms with Gasteiger partial charge in [-0.15, -0.1) is 0 Å². The summed E-state index contributed by atoms with van der Waals surface area (Å²) < 4.78 is 28.6. The number of aryl methyl sites for hydroxylation is 2. The zero-order valence-electron chi connectivity index (χ0n) is 11.1. The van der Waals surface area contributed by atoms with Gasteiger partial charge in [0, 0.05) is 13.1 Å². The van der Waals surface area contributed by atoms with Crippen LogP contribution in [0.5, 0.6) is 0 Å². The van der Waals surface area contributed by atoms with Gasteiger partial charge in [0.25, 0.3) is 0 Å². The molecule has 0 fully saturated rings. The Morgan fingerprint density at radius 3 is 2.35 bits per heavy atom. The van der Waals surface area contributed by atoms with Crippen LogP contribution >= 0.6 is 0 Å². The molecule has 0 aliphatic rings. The highest BCUT2D eigenvalue weighted by molar-refractivity contribution is 7.89. The zero-order chi connectivity index (χ0) is 13.2. The van der Waals surface area contributed by atoms with Gasteiger partial charge in [-0.2, -0.15) is 5.10 Å². The van der Waals surface area contributed by atoms with E-state index in [1.165, 1.54) is 0 Å². The van der Waals surface area contributed by atoms with Crippen LogP contribution in [0.3, 0.4) is 0 Å². The Bertz CT molecular complexity index is 489. The second kappa shape index (κ2) is 5.18. The van der Waals surface area contributed by atoms with E-state index in [1.807, 2.05) is 20.8 Å². The largest absolute Gasteiger partial charge is 0.268 e. The van der Waals surface area contributed by atoms with Crippen molar-refractivity contribution in [3.8, 4) is 0 Å². The Morgan fingerprint density at radius 1 is 1.35 bits per heavy atom. The minimum atomic E-state index is -3.44. The van der Waals surface area contributed by atoms with Crippen molar-refractivity contribution in [3.63, 3.8) is 0 Å². The predicted molar refractivity (Wildman–Crippen MR) is 67.4 cm³/mol. The minimum Gasteiger partial charge on any atom is -0.268 e. The van der Waals surface area contributed by atoms with Gasteiger partial charge in [-0.25, -0.2) is 13.1 Å². The van der Waals surface area contributed by atoms with Gasteiger partial charge >= 0.3 is 0 Å². The van der Waals surface area contributed by atoms with E-state index in [4.69, 9.17) is 0 Å². The van der Waals surface area contributed by atoms with E-state index >= 15 is 0 Å². The van der Waals surface area contributed by atoms with Gasteiger partial charge < -0.3 is 0 Å². The third-order valence-corrected chi connectivity index (χ3v) is 4.24. The van der Waals surface area contributed by atoms with Gasteiger partial charge in [0.1, 0.15) is 4.90 Å². The average Bonchev–Trinajstić information content (AvgIpc) is 2.51. The lowest BCUT2D eigenvalue weighted by Gasteiger charge is -2.09. The molecule has 0 aromatic carbocycles. The maximum Gasteiger partial charge on any atom is 0.244 e. The van der Waals surface area contributed by atoms with Crippen LogP contribution in [0.15, 0.2) is 4.90 Å². The molecular formula is C11H21N3O2S. The van der Waals surface area contributed by atoms with Crippen LogP contribution in [0.2, 0.25) is 0 Å². The van der Waals surface area contributed by atoms with Crippen LogP contribution in [0.4, 0.5) is 0 Å². The van der Waals surface area contributed by atoms with Gasteiger partial charge in [0.2, 0.25) is 10.0 Å². The molecule has 1 aromatic rings. The SMILES string of the molecule is CCn1nc(C)c(S(=O)(=O)NCC(C)C)c1C. The quantitative estimate of drug-likeness (QED) is 0.870. The Labute approximate surface area is 103 Å². The normalized spacial score (nSPS) is 12.4. The number of hydrogen-bond donors (Lipinski definition) is 1. The van der Waals surface area contributed by atoms with E-state index in [0.29, 0.717) is 29.4 Å². The number of nitrogens with zero attached hydrogens (tertiary/aromatic N) is 2. The fourth-order valence-electron chi connectivity index (χ4n) is 1.73. The Balaban J connectivity index is 3.11. The molecule has 0 saturated carbocycles. The molecular weight excluding hydrogens is 238 g/mol. The predicted octanol–water partition coefficient (Wildman–Crippen LogP) is 1.45. The number of sulfonamides is 1. The Morgan fingerprint density at radius 2 is 1.94 bits per heavy atom. The highest BCUT2D eigenvalue weighted by Gasteiger charge is 2.23. The first-order valence-corrected chi connectivity index (χ1v) is 7.31. The highest BCUT2D eigenvalue weighted by Crippen LogP contribution is 2.19. The Kier molecular flexibility index (Phi) is 4.32. The molecule has 5 nitrogen and oxygen atoms in total. The third-order valence-electron chi connectivity index (χ3n) is 2.56. The van der Waals surface area contributed by atoms with Crippen LogP contribution in [0.25, 0.3) is 0 Å². The van der Waals surface area contributed by atoms with Crippen LogP contribution in [0.1, 0.15) is 32.2 Å². The molecule has 17 heavy (non-hydrogen) atoms. The zero-order valence-corrected chi connectivity index (χ0v) is 11.9. The lowest BCUT2D eigenvalue weighted by atomic mass is 10.2. The van der Waals surface area contributed by atoms with Crippen molar-refractivity contribution in [1.29, 1.82) is 0 Å². The standard InChI is InChI=1S/C11H21N3O2S/c1-6-14-10(5)11(9(4)13-14)17(15,16)12-7-8(2)3/h8,12H,6-7H2,1-5H3. The van der Waals surface area contributed by atoms with E-state index in [9.17, 15) is 8.42 Å². The molecule has 1 heterocycles. The van der Waals surface area contributed by atoms with Crippen molar-refractivity contribution in [2.75, 3.05) is 6.54 Å². The molecule has 1 N–H and O–H groups in total. The summed E-state index contributed by atoms with van der Waals surface area (Å²) in [5.74, 6) is 0.284. The summed E-state index contributed by atoms with van der Waals surface area (Å²) in [6, 6.07) is 0. The minimum absolute atomic E-state index is 0.284. The summed E-state index contributed by atoms with van der Waals surface area (Å²) in [6.45, 7) is 10.5. The third kappa shape index (κ3) is 3.07. The first-order chi connectivity index (χ1) is 7.79. The summed E-state index contributed by atoms with van der Waals surface area (Å²) in [5, 5.41) is 4.22. The van der Waals surface area contributed by atoms with E-state index in [2.05, 4.69) is 9.82 Å². The van der Waals surface area contributed by atoms with Crippen molar-refractivity contribution in [1.82, 2.24) is 14.5 Å². The fourth-order valence-corrected chi connectivity index (χ4v) is 3.35. The topological polar surface area (TPSA) is 64.0 Å². The number of hydrogen-bond acceptors (Lipinski definition) is 3. The molecule has 98 valence electrons. The van der Waals surface area contributed by atoms with Crippen LogP contribution in [-0.2, 0) is 16.6 Å². The fraction of sp³-hybridized carbons (Fsp3) is 0.727. The van der Waals surface area contributed by atoms with E-state index < -0.39 is 10.0 Å². The molecule has 0 atom stereocenters. The summed E-state index contributed by atoms with van der Waals surface area (Å²) >= 11 is 0. The summed E-state index contributed by atoms with van der Waals surface area (Å²) in [7, 11) is -3.44. The molecule has 6 heteroatoms. The van der Waals surface area contributed by atoms with Crippen LogP contribution < -0.4 is 4.72 Å². The van der Waals surface area contributed by atoms with Crippen molar-refractivity contribution in [2.24, 2.45) is 5.92 Å².